The zero-order valence-electron chi connectivity index (χ0n) is 19.3. The van der Waals surface area contributed by atoms with Gasteiger partial charge in [0.05, 0.1) is 36.2 Å². The van der Waals surface area contributed by atoms with Crippen molar-refractivity contribution in [3.8, 4) is 11.8 Å². The number of nitrogens with zero attached hydrogens (tertiary/aromatic N) is 3. The molecule has 2 heterocycles. The number of nitriles is 1. The third kappa shape index (κ3) is 5.04. The average molecular weight is 573 g/mol. The minimum absolute atomic E-state index is 0.0359. The molecule has 8 nitrogen and oxygen atoms in total. The number of halogens is 5. The van der Waals surface area contributed by atoms with Crippen LogP contribution in [-0.2, 0) is 20.8 Å². The second kappa shape index (κ2) is 11.0. The van der Waals surface area contributed by atoms with Gasteiger partial charge >= 0.3 is 5.97 Å². The number of ether oxygens (including phenoxy) is 3. The molecular weight excluding hydrogens is 552 g/mol. The second-order valence-corrected chi connectivity index (χ2v) is 8.32. The van der Waals surface area contributed by atoms with Crippen LogP contribution in [0.15, 0.2) is 45.5 Å². The van der Waals surface area contributed by atoms with E-state index in [4.69, 9.17) is 19.9 Å². The molecule has 1 aliphatic rings. The van der Waals surface area contributed by atoms with Crippen LogP contribution in [0.2, 0.25) is 0 Å². The first-order valence-corrected chi connectivity index (χ1v) is 11.3. The normalized spacial score (nSPS) is 15.9. The lowest BCUT2D eigenvalue weighted by Crippen LogP contribution is -2.25. The maximum Gasteiger partial charge on any atom is 0.338 e. The smallest absolute Gasteiger partial charge is 0.338 e. The van der Waals surface area contributed by atoms with Gasteiger partial charge in [-0.2, -0.15) is 10.4 Å². The van der Waals surface area contributed by atoms with Gasteiger partial charge in [-0.15, -0.1) is 0 Å². The Kier molecular flexibility index (Phi) is 8.29. The van der Waals surface area contributed by atoms with Gasteiger partial charge in [0.25, 0.3) is 12.9 Å². The summed E-state index contributed by atoms with van der Waals surface area (Å²) in [6, 6.07) is 6.50. The first kappa shape index (κ1) is 27.1. The lowest BCUT2D eigenvalue weighted by molar-refractivity contribution is -0.139. The zero-order chi connectivity index (χ0) is 26.7. The van der Waals surface area contributed by atoms with Crippen molar-refractivity contribution in [1.29, 1.82) is 5.26 Å². The minimum atomic E-state index is -3.10. The highest BCUT2D eigenvalue weighted by Gasteiger charge is 2.37. The Labute approximate surface area is 212 Å². The number of carbonyl (C=O) groups excluding carboxylic acids is 1. The van der Waals surface area contributed by atoms with Gasteiger partial charge in [-0.25, -0.2) is 22.4 Å². The van der Waals surface area contributed by atoms with E-state index in [9.17, 15) is 27.6 Å². The number of aromatic nitrogens is 2. The minimum Gasteiger partial charge on any atom is -0.496 e. The Bertz CT molecular complexity index is 1280. The van der Waals surface area contributed by atoms with E-state index >= 15 is 0 Å². The van der Waals surface area contributed by atoms with Gasteiger partial charge < -0.3 is 19.9 Å². The Morgan fingerprint density at radius 3 is 2.58 bits per heavy atom. The lowest BCUT2D eigenvalue weighted by Gasteiger charge is -2.27. The molecule has 1 unspecified atom stereocenters. The van der Waals surface area contributed by atoms with Crippen molar-refractivity contribution >= 4 is 21.9 Å². The van der Waals surface area contributed by atoms with Crippen molar-refractivity contribution in [1.82, 2.24) is 9.78 Å². The van der Waals surface area contributed by atoms with E-state index in [1.165, 1.54) is 26.2 Å². The van der Waals surface area contributed by atoms with Crippen LogP contribution in [0.3, 0.4) is 0 Å². The first-order chi connectivity index (χ1) is 17.0. The van der Waals surface area contributed by atoms with Crippen LogP contribution < -0.4 is 10.5 Å². The van der Waals surface area contributed by atoms with Crippen molar-refractivity contribution < 1.29 is 36.6 Å². The number of rotatable bonds is 8. The van der Waals surface area contributed by atoms with Crippen molar-refractivity contribution in [2.24, 2.45) is 5.73 Å². The van der Waals surface area contributed by atoms with E-state index in [2.05, 4.69) is 21.0 Å². The molecule has 1 aromatic carbocycles. The Morgan fingerprint density at radius 1 is 1.33 bits per heavy atom. The molecule has 1 atom stereocenters. The summed E-state index contributed by atoms with van der Waals surface area (Å²) in [5.41, 5.74) is 4.98. The molecule has 2 aromatic rings. The lowest BCUT2D eigenvalue weighted by atomic mass is 9.82. The van der Waals surface area contributed by atoms with Gasteiger partial charge in [0.2, 0.25) is 5.88 Å². The summed E-state index contributed by atoms with van der Waals surface area (Å²) in [6.45, 7) is 2.80. The molecule has 0 radical (unpaired) electrons. The van der Waals surface area contributed by atoms with E-state index in [0.717, 1.165) is 4.68 Å². The molecule has 192 valence electrons. The fraction of sp³-hybridized carbons (Fsp3) is 0.348. The topological polar surface area (TPSA) is 112 Å². The maximum absolute atomic E-state index is 13.7. The van der Waals surface area contributed by atoms with E-state index in [1.807, 2.05) is 6.07 Å². The quantitative estimate of drug-likeness (QED) is 0.340. The monoisotopic (exact) mass is 572 g/mol. The third-order valence-electron chi connectivity index (χ3n) is 5.43. The summed E-state index contributed by atoms with van der Waals surface area (Å²) in [6.07, 6.45) is -6.18. The Hall–Kier alpha value is -3.53. The molecule has 3 rings (SSSR count). The molecule has 0 saturated heterocycles. The third-order valence-corrected chi connectivity index (χ3v) is 6.24. The number of benzene rings is 1. The number of nitrogens with two attached hydrogens (primary N) is 1. The van der Waals surface area contributed by atoms with Crippen LogP contribution in [-0.4, -0.2) is 29.5 Å². The maximum atomic E-state index is 13.7. The summed E-state index contributed by atoms with van der Waals surface area (Å²) >= 11 is 2.80. The molecule has 0 saturated carbocycles. The number of alkyl halides is 4. The predicted molar refractivity (Wildman–Crippen MR) is 122 cm³/mol. The predicted octanol–water partition coefficient (Wildman–Crippen LogP) is 5.22. The van der Waals surface area contributed by atoms with Crippen LogP contribution in [0.4, 0.5) is 17.6 Å². The van der Waals surface area contributed by atoms with Crippen LogP contribution in [0.5, 0.6) is 5.75 Å². The number of hydrogen-bond acceptors (Lipinski definition) is 7. The van der Waals surface area contributed by atoms with Crippen molar-refractivity contribution in [2.75, 3.05) is 13.7 Å². The van der Waals surface area contributed by atoms with Gasteiger partial charge in [-0.3, -0.25) is 4.68 Å². The molecule has 1 aliphatic heterocycles. The number of allylic oxidation sites excluding steroid dienone is 2. The van der Waals surface area contributed by atoms with Crippen molar-refractivity contribution in [2.45, 2.75) is 39.2 Å². The SMILES string of the molecule is CCOC(=O)C1=C(C)OC(N)=C(C#N)C1c1ccc(OC)c(Cn2nc(C(F)F)c(Br)c2C(F)F)c1. The van der Waals surface area contributed by atoms with Crippen LogP contribution >= 0.6 is 15.9 Å². The van der Waals surface area contributed by atoms with Crippen LogP contribution in [0.1, 0.15) is 55.1 Å². The number of esters is 1. The van der Waals surface area contributed by atoms with Crippen LogP contribution in [0, 0.1) is 11.3 Å². The molecule has 0 fully saturated rings. The molecular formula is C23H21BrF4N4O4. The van der Waals surface area contributed by atoms with Crippen LogP contribution in [0.25, 0.3) is 0 Å². The highest BCUT2D eigenvalue weighted by Crippen LogP contribution is 2.41. The first-order valence-electron chi connectivity index (χ1n) is 10.5. The molecule has 36 heavy (non-hydrogen) atoms. The summed E-state index contributed by atoms with van der Waals surface area (Å²) in [5, 5.41) is 13.4. The highest BCUT2D eigenvalue weighted by molar-refractivity contribution is 9.10. The second-order valence-electron chi connectivity index (χ2n) is 7.53. The summed E-state index contributed by atoms with van der Waals surface area (Å²) < 4.78 is 70.2. The summed E-state index contributed by atoms with van der Waals surface area (Å²) in [5.74, 6) is -1.56. The van der Waals surface area contributed by atoms with Gasteiger partial charge in [0, 0.05) is 5.56 Å². The summed E-state index contributed by atoms with van der Waals surface area (Å²) in [7, 11) is 1.34. The van der Waals surface area contributed by atoms with E-state index in [1.54, 1.807) is 13.0 Å². The fourth-order valence-electron chi connectivity index (χ4n) is 3.89. The largest absolute Gasteiger partial charge is 0.496 e. The molecule has 1 aromatic heterocycles. The standard InChI is InChI=1S/C23H21BrF4N4O4/c1-4-35-23(33)15-10(2)36-22(30)13(8-29)16(15)11-5-6-14(34-3)12(7-11)9-32-19(21(27)28)17(24)18(31-32)20(25)26/h5-7,16,20-21H,4,9,30H2,1-3H3. The van der Waals surface area contributed by atoms with Gasteiger partial charge in [-0.1, -0.05) is 6.07 Å². The summed E-state index contributed by atoms with van der Waals surface area (Å²) in [4.78, 5) is 12.8. The van der Waals surface area contributed by atoms with E-state index in [-0.39, 0.29) is 47.3 Å². The van der Waals surface area contributed by atoms with E-state index in [0.29, 0.717) is 5.56 Å². The highest BCUT2D eigenvalue weighted by atomic mass is 79.9. The number of carbonyl (C=O) groups is 1. The van der Waals surface area contributed by atoms with E-state index < -0.39 is 40.6 Å². The fourth-order valence-corrected chi connectivity index (χ4v) is 4.52. The molecule has 0 bridgehead atoms. The average Bonchev–Trinajstić information content (AvgIpc) is 3.14. The van der Waals surface area contributed by atoms with Gasteiger partial charge in [0.15, 0.2) is 0 Å². The molecule has 0 aliphatic carbocycles. The Morgan fingerprint density at radius 2 is 2.03 bits per heavy atom. The molecule has 0 spiro atoms. The molecule has 2 N–H and O–H groups in total. The molecule has 13 heteroatoms. The van der Waals surface area contributed by atoms with Crippen molar-refractivity contribution in [3.05, 3.63) is 68.0 Å². The Balaban J connectivity index is 2.17. The van der Waals surface area contributed by atoms with Gasteiger partial charge in [-0.05, 0) is 47.5 Å². The number of methoxy groups -OCH3 is 1. The zero-order valence-corrected chi connectivity index (χ0v) is 20.9. The molecule has 0 amide bonds. The van der Waals surface area contributed by atoms with Gasteiger partial charge in [0.1, 0.15) is 34.5 Å². The van der Waals surface area contributed by atoms with Crippen molar-refractivity contribution in [3.63, 3.8) is 0 Å². The number of hydrogen-bond donors (Lipinski definition) is 1.